The molecule has 1 aliphatic rings. The lowest BCUT2D eigenvalue weighted by atomic mass is 10.1. The average Bonchev–Trinajstić information content (AvgIpc) is 3.01. The van der Waals surface area contributed by atoms with Gasteiger partial charge in [0.2, 0.25) is 0 Å². The molecule has 128 valence electrons. The summed E-state index contributed by atoms with van der Waals surface area (Å²) < 4.78 is 29.0. The molecule has 0 saturated carbocycles. The average molecular weight is 340 g/mol. The molecule has 1 heterocycles. The van der Waals surface area contributed by atoms with Gasteiger partial charge in [-0.1, -0.05) is 0 Å². The lowest BCUT2D eigenvalue weighted by Crippen LogP contribution is -2.40. The molecule has 1 amide bonds. The molecule has 1 aliphatic heterocycles. The van der Waals surface area contributed by atoms with Gasteiger partial charge in [-0.2, -0.15) is 0 Å². The molecule has 2 rings (SSSR count). The van der Waals surface area contributed by atoms with Gasteiger partial charge in [-0.25, -0.2) is 8.42 Å². The largest absolute Gasteiger partial charge is 0.384 e. The number of hydrogen-bond donors (Lipinski definition) is 1. The lowest BCUT2D eigenvalue weighted by Gasteiger charge is -2.24. The van der Waals surface area contributed by atoms with Crippen molar-refractivity contribution in [2.45, 2.75) is 23.8 Å². The second-order valence-corrected chi connectivity index (χ2v) is 7.80. The normalized spacial score (nSPS) is 18.3. The fourth-order valence-corrected chi connectivity index (χ4v) is 4.01. The van der Waals surface area contributed by atoms with E-state index in [4.69, 9.17) is 4.74 Å². The molecule has 0 bridgehead atoms. The van der Waals surface area contributed by atoms with Crippen molar-refractivity contribution in [1.29, 1.82) is 0 Å². The number of hydrogen-bond acceptors (Lipinski definition) is 5. The van der Waals surface area contributed by atoms with Gasteiger partial charge in [0, 0.05) is 31.8 Å². The Kier molecular flexibility index (Phi) is 6.15. The van der Waals surface area contributed by atoms with Crippen molar-refractivity contribution < 1.29 is 17.9 Å². The summed E-state index contributed by atoms with van der Waals surface area (Å²) >= 11 is 0. The van der Waals surface area contributed by atoms with E-state index in [1.165, 1.54) is 19.2 Å². The summed E-state index contributed by atoms with van der Waals surface area (Å²) in [6, 6.07) is 6.40. The summed E-state index contributed by atoms with van der Waals surface area (Å²) in [6.45, 7) is 1.68. The third-order valence-corrected chi connectivity index (χ3v) is 5.79. The third kappa shape index (κ3) is 4.31. The summed E-state index contributed by atoms with van der Waals surface area (Å²) in [5, 5.41) is 3.11. The number of likely N-dealkylation sites (tertiary alicyclic amines) is 1. The number of carbonyl (C=O) groups is 1. The first kappa shape index (κ1) is 17.9. The van der Waals surface area contributed by atoms with E-state index in [0.29, 0.717) is 5.56 Å². The Morgan fingerprint density at radius 3 is 2.65 bits per heavy atom. The van der Waals surface area contributed by atoms with Gasteiger partial charge in [0.1, 0.15) is 0 Å². The van der Waals surface area contributed by atoms with Gasteiger partial charge in [0.05, 0.1) is 17.3 Å². The molecule has 7 heteroatoms. The summed E-state index contributed by atoms with van der Waals surface area (Å²) in [4.78, 5) is 14.7. The van der Waals surface area contributed by atoms with E-state index in [-0.39, 0.29) is 29.2 Å². The molecule has 1 unspecified atom stereocenters. The van der Waals surface area contributed by atoms with E-state index in [1.807, 2.05) is 11.9 Å². The van der Waals surface area contributed by atoms with E-state index in [9.17, 15) is 13.2 Å². The first-order chi connectivity index (χ1) is 11.0. The molecule has 0 spiro atoms. The van der Waals surface area contributed by atoms with Crippen molar-refractivity contribution in [1.82, 2.24) is 10.2 Å². The number of benzene rings is 1. The molecule has 1 N–H and O–H groups in total. The Bertz CT molecular complexity index is 628. The summed E-state index contributed by atoms with van der Waals surface area (Å²) in [6.07, 6.45) is 2.00. The van der Waals surface area contributed by atoms with Gasteiger partial charge >= 0.3 is 0 Å². The maximum absolute atomic E-state index is 12.6. The standard InChI is InChI=1S/C16H24N2O4S/c1-17-12-14-4-3-9-18(14)16(19)13-5-7-15(8-6-13)23(20,21)11-10-22-2/h5-8,14,17H,3-4,9-12H2,1-2H3. The minimum atomic E-state index is -3.36. The summed E-state index contributed by atoms with van der Waals surface area (Å²) in [5.41, 5.74) is 0.527. The highest BCUT2D eigenvalue weighted by molar-refractivity contribution is 7.91. The Balaban J connectivity index is 2.11. The Hall–Kier alpha value is -1.44. The third-order valence-electron chi connectivity index (χ3n) is 4.09. The Morgan fingerprint density at radius 1 is 1.35 bits per heavy atom. The first-order valence-electron chi connectivity index (χ1n) is 7.77. The predicted molar refractivity (Wildman–Crippen MR) is 88.4 cm³/mol. The molecule has 1 saturated heterocycles. The highest BCUT2D eigenvalue weighted by atomic mass is 32.2. The maximum atomic E-state index is 12.6. The monoisotopic (exact) mass is 340 g/mol. The van der Waals surface area contributed by atoms with E-state index >= 15 is 0 Å². The van der Waals surface area contributed by atoms with Crippen molar-refractivity contribution >= 4 is 15.7 Å². The molecule has 1 atom stereocenters. The Labute approximate surface area is 137 Å². The SMILES string of the molecule is CNCC1CCCN1C(=O)c1ccc(S(=O)(=O)CCOC)cc1. The molecular weight excluding hydrogens is 316 g/mol. The van der Waals surface area contributed by atoms with Crippen LogP contribution in [0.1, 0.15) is 23.2 Å². The zero-order valence-electron chi connectivity index (χ0n) is 13.6. The van der Waals surface area contributed by atoms with Crippen molar-refractivity contribution in [3.05, 3.63) is 29.8 Å². The number of carbonyl (C=O) groups excluding carboxylic acids is 1. The van der Waals surface area contributed by atoms with Crippen molar-refractivity contribution in [2.75, 3.05) is 39.6 Å². The highest BCUT2D eigenvalue weighted by Gasteiger charge is 2.28. The highest BCUT2D eigenvalue weighted by Crippen LogP contribution is 2.21. The van der Waals surface area contributed by atoms with Gasteiger partial charge < -0.3 is 15.0 Å². The number of amides is 1. The van der Waals surface area contributed by atoms with Crippen LogP contribution in [-0.2, 0) is 14.6 Å². The van der Waals surface area contributed by atoms with Crippen LogP contribution in [0.3, 0.4) is 0 Å². The van der Waals surface area contributed by atoms with Gasteiger partial charge in [-0.05, 0) is 44.2 Å². The van der Waals surface area contributed by atoms with E-state index in [0.717, 1.165) is 25.9 Å². The van der Waals surface area contributed by atoms with Crippen LogP contribution >= 0.6 is 0 Å². The molecule has 1 fully saturated rings. The van der Waals surface area contributed by atoms with E-state index < -0.39 is 9.84 Å². The number of nitrogens with one attached hydrogen (secondary N) is 1. The minimum absolute atomic E-state index is 0.0383. The van der Waals surface area contributed by atoms with E-state index in [1.54, 1.807) is 12.1 Å². The number of nitrogens with zero attached hydrogens (tertiary/aromatic N) is 1. The van der Waals surface area contributed by atoms with Crippen LogP contribution in [0.25, 0.3) is 0 Å². The number of likely N-dealkylation sites (N-methyl/N-ethyl adjacent to an activating group) is 1. The van der Waals surface area contributed by atoms with Crippen LogP contribution in [0.2, 0.25) is 0 Å². The second kappa shape index (κ2) is 7.90. The fraction of sp³-hybridized carbons (Fsp3) is 0.562. The molecular formula is C16H24N2O4S. The molecule has 6 nitrogen and oxygen atoms in total. The van der Waals surface area contributed by atoms with Crippen molar-refractivity contribution in [2.24, 2.45) is 0 Å². The van der Waals surface area contributed by atoms with Crippen molar-refractivity contribution in [3.8, 4) is 0 Å². The van der Waals surface area contributed by atoms with Gasteiger partial charge in [0.15, 0.2) is 9.84 Å². The van der Waals surface area contributed by atoms with Crippen LogP contribution < -0.4 is 5.32 Å². The Morgan fingerprint density at radius 2 is 2.04 bits per heavy atom. The topological polar surface area (TPSA) is 75.7 Å². The van der Waals surface area contributed by atoms with Crippen LogP contribution in [0.4, 0.5) is 0 Å². The smallest absolute Gasteiger partial charge is 0.254 e. The predicted octanol–water partition coefficient (Wildman–Crippen LogP) is 0.931. The van der Waals surface area contributed by atoms with E-state index in [2.05, 4.69) is 5.32 Å². The fourth-order valence-electron chi connectivity index (χ4n) is 2.83. The molecule has 23 heavy (non-hydrogen) atoms. The van der Waals surface area contributed by atoms with Gasteiger partial charge in [0.25, 0.3) is 5.91 Å². The van der Waals surface area contributed by atoms with Crippen LogP contribution in [0, 0.1) is 0 Å². The lowest BCUT2D eigenvalue weighted by molar-refractivity contribution is 0.0737. The number of sulfone groups is 1. The molecule has 0 aliphatic carbocycles. The maximum Gasteiger partial charge on any atom is 0.254 e. The van der Waals surface area contributed by atoms with Crippen LogP contribution in [0.15, 0.2) is 29.2 Å². The van der Waals surface area contributed by atoms with Crippen LogP contribution in [0.5, 0.6) is 0 Å². The molecule has 0 radical (unpaired) electrons. The van der Waals surface area contributed by atoms with Crippen LogP contribution in [-0.4, -0.2) is 64.9 Å². The molecule has 0 aromatic heterocycles. The van der Waals surface area contributed by atoms with Gasteiger partial charge in [-0.15, -0.1) is 0 Å². The van der Waals surface area contributed by atoms with Crippen molar-refractivity contribution in [3.63, 3.8) is 0 Å². The van der Waals surface area contributed by atoms with Gasteiger partial charge in [-0.3, -0.25) is 4.79 Å². The summed E-state index contributed by atoms with van der Waals surface area (Å²) in [7, 11) is -0.0204. The second-order valence-electron chi connectivity index (χ2n) is 5.69. The first-order valence-corrected chi connectivity index (χ1v) is 9.42. The quantitative estimate of drug-likeness (QED) is 0.799. The summed E-state index contributed by atoms with van der Waals surface area (Å²) in [5.74, 6) is -0.101. The zero-order valence-corrected chi connectivity index (χ0v) is 14.4. The number of methoxy groups -OCH3 is 1. The number of rotatable bonds is 7. The zero-order chi connectivity index (χ0) is 16.9. The molecule has 1 aromatic carbocycles. The minimum Gasteiger partial charge on any atom is -0.384 e. The number of ether oxygens (including phenoxy) is 1. The molecule has 1 aromatic rings.